The fourth-order valence-corrected chi connectivity index (χ4v) is 4.17. The summed E-state index contributed by atoms with van der Waals surface area (Å²) >= 11 is 1.44. The first-order chi connectivity index (χ1) is 14.5. The number of ether oxygens (including phenoxy) is 1. The first-order valence-electron chi connectivity index (χ1n) is 10.1. The Labute approximate surface area is 181 Å². The molecule has 0 radical (unpaired) electrons. The number of rotatable bonds is 8. The molecule has 3 aromatic rings. The van der Waals surface area contributed by atoms with Gasteiger partial charge in [0, 0.05) is 5.92 Å². The van der Waals surface area contributed by atoms with E-state index in [0.717, 1.165) is 29.4 Å². The van der Waals surface area contributed by atoms with Crippen LogP contribution in [-0.2, 0) is 11.3 Å². The molecule has 4 rings (SSSR count). The van der Waals surface area contributed by atoms with E-state index in [0.29, 0.717) is 23.9 Å². The Morgan fingerprint density at radius 3 is 2.70 bits per heavy atom. The average molecular weight is 423 g/mol. The van der Waals surface area contributed by atoms with Crippen LogP contribution in [0.5, 0.6) is 5.75 Å². The fourth-order valence-electron chi connectivity index (χ4n) is 3.31. The molecule has 1 saturated carbocycles. The van der Waals surface area contributed by atoms with Gasteiger partial charge < -0.3 is 14.6 Å². The summed E-state index contributed by atoms with van der Waals surface area (Å²) in [6.07, 6.45) is 2.31. The van der Waals surface area contributed by atoms with Crippen LogP contribution < -0.4 is 10.1 Å². The third kappa shape index (κ3) is 4.67. The van der Waals surface area contributed by atoms with Crippen molar-refractivity contribution in [3.8, 4) is 5.75 Å². The van der Waals surface area contributed by atoms with E-state index < -0.39 is 0 Å². The SMILES string of the molecule is COc1ccc(C)cc1NC(=O)[C@H](C)Sc1nnc(C2CC2)n1Cc1ccccc1. The minimum absolute atomic E-state index is 0.0915. The van der Waals surface area contributed by atoms with Crippen LogP contribution >= 0.6 is 11.8 Å². The van der Waals surface area contributed by atoms with Crippen LogP contribution in [0.1, 0.15) is 42.6 Å². The zero-order valence-electron chi connectivity index (χ0n) is 17.5. The molecule has 0 aliphatic heterocycles. The van der Waals surface area contributed by atoms with Crippen molar-refractivity contribution < 1.29 is 9.53 Å². The second-order valence-corrected chi connectivity index (χ2v) is 8.95. The highest BCUT2D eigenvalue weighted by Crippen LogP contribution is 2.40. The van der Waals surface area contributed by atoms with E-state index in [1.165, 1.54) is 17.3 Å². The molecule has 7 heteroatoms. The maximum absolute atomic E-state index is 12.9. The third-order valence-corrected chi connectivity index (χ3v) is 6.22. The van der Waals surface area contributed by atoms with Gasteiger partial charge in [-0.2, -0.15) is 0 Å². The molecule has 1 aliphatic rings. The molecule has 1 aromatic heterocycles. The lowest BCUT2D eigenvalue weighted by Gasteiger charge is -2.15. The normalized spacial score (nSPS) is 14.4. The zero-order chi connectivity index (χ0) is 21.1. The van der Waals surface area contributed by atoms with Crippen LogP contribution in [0.3, 0.4) is 0 Å². The number of nitrogens with zero attached hydrogens (tertiary/aromatic N) is 3. The molecular weight excluding hydrogens is 396 g/mol. The van der Waals surface area contributed by atoms with E-state index in [4.69, 9.17) is 4.74 Å². The molecule has 1 amide bonds. The van der Waals surface area contributed by atoms with Gasteiger partial charge in [0.15, 0.2) is 5.16 Å². The van der Waals surface area contributed by atoms with Gasteiger partial charge >= 0.3 is 0 Å². The van der Waals surface area contributed by atoms with Gasteiger partial charge in [0.1, 0.15) is 11.6 Å². The topological polar surface area (TPSA) is 69.0 Å². The zero-order valence-corrected chi connectivity index (χ0v) is 18.3. The van der Waals surface area contributed by atoms with Gasteiger partial charge in [-0.3, -0.25) is 4.79 Å². The third-order valence-electron chi connectivity index (χ3n) is 5.14. The van der Waals surface area contributed by atoms with Crippen molar-refractivity contribution in [2.75, 3.05) is 12.4 Å². The molecular formula is C23H26N4O2S. The van der Waals surface area contributed by atoms with Crippen molar-refractivity contribution in [3.05, 3.63) is 65.5 Å². The van der Waals surface area contributed by atoms with Crippen molar-refractivity contribution in [3.63, 3.8) is 0 Å². The summed E-state index contributed by atoms with van der Waals surface area (Å²) in [5, 5.41) is 12.3. The number of thioether (sulfide) groups is 1. The Kier molecular flexibility index (Phi) is 6.08. The molecule has 0 unspecified atom stereocenters. The van der Waals surface area contributed by atoms with E-state index in [-0.39, 0.29) is 11.2 Å². The number of hydrogen-bond donors (Lipinski definition) is 1. The van der Waals surface area contributed by atoms with Gasteiger partial charge in [0.05, 0.1) is 24.6 Å². The summed E-state index contributed by atoms with van der Waals surface area (Å²) in [5.41, 5.74) is 2.94. The molecule has 1 N–H and O–H groups in total. The van der Waals surface area contributed by atoms with Crippen molar-refractivity contribution in [1.29, 1.82) is 0 Å². The number of amides is 1. The van der Waals surface area contributed by atoms with Crippen LogP contribution in [-0.4, -0.2) is 33.0 Å². The van der Waals surface area contributed by atoms with Crippen LogP contribution in [0.25, 0.3) is 0 Å². The number of carbonyl (C=O) groups excluding carboxylic acids is 1. The summed E-state index contributed by atoms with van der Waals surface area (Å²) in [7, 11) is 1.60. The maximum Gasteiger partial charge on any atom is 0.237 e. The Hall–Kier alpha value is -2.80. The first kappa shape index (κ1) is 20.5. The highest BCUT2D eigenvalue weighted by atomic mass is 32.2. The first-order valence-corrected chi connectivity index (χ1v) is 11.0. The van der Waals surface area contributed by atoms with E-state index in [2.05, 4.69) is 32.2 Å². The molecule has 30 heavy (non-hydrogen) atoms. The fraction of sp³-hybridized carbons (Fsp3) is 0.348. The standard InChI is InChI=1S/C23H26N4O2S/c1-15-9-12-20(29-3)19(13-15)24-22(28)16(2)30-23-26-25-21(18-10-11-18)27(23)14-17-7-5-4-6-8-17/h4-9,12-13,16,18H,10-11,14H2,1-3H3,(H,24,28)/t16-/m0/s1. The predicted octanol–water partition coefficient (Wildman–Crippen LogP) is 4.64. The summed E-state index contributed by atoms with van der Waals surface area (Å²) in [4.78, 5) is 12.9. The van der Waals surface area contributed by atoms with Crippen molar-refractivity contribution in [1.82, 2.24) is 14.8 Å². The number of carbonyl (C=O) groups is 1. The lowest BCUT2D eigenvalue weighted by Crippen LogP contribution is -2.23. The number of aryl methyl sites for hydroxylation is 1. The summed E-state index contributed by atoms with van der Waals surface area (Å²) in [6, 6.07) is 16.0. The number of anilines is 1. The summed E-state index contributed by atoms with van der Waals surface area (Å²) in [5.74, 6) is 2.06. The lowest BCUT2D eigenvalue weighted by atomic mass is 10.2. The smallest absolute Gasteiger partial charge is 0.237 e. The van der Waals surface area contributed by atoms with Crippen LogP contribution in [0.15, 0.2) is 53.7 Å². The van der Waals surface area contributed by atoms with Gasteiger partial charge in [-0.15, -0.1) is 10.2 Å². The quantitative estimate of drug-likeness (QED) is 0.536. The van der Waals surface area contributed by atoms with Crippen molar-refractivity contribution >= 4 is 23.4 Å². The Morgan fingerprint density at radius 1 is 1.23 bits per heavy atom. The molecule has 156 valence electrons. The molecule has 2 aromatic carbocycles. The second kappa shape index (κ2) is 8.92. The van der Waals surface area contributed by atoms with Gasteiger partial charge in [-0.25, -0.2) is 0 Å². The largest absolute Gasteiger partial charge is 0.495 e. The van der Waals surface area contributed by atoms with Gasteiger partial charge in [0.2, 0.25) is 5.91 Å². The minimum Gasteiger partial charge on any atom is -0.495 e. The Bertz CT molecular complexity index is 1030. The van der Waals surface area contributed by atoms with Crippen LogP contribution in [0, 0.1) is 6.92 Å². The van der Waals surface area contributed by atoms with E-state index >= 15 is 0 Å². The van der Waals surface area contributed by atoms with Crippen LogP contribution in [0.4, 0.5) is 5.69 Å². The van der Waals surface area contributed by atoms with Gasteiger partial charge in [0.25, 0.3) is 0 Å². The molecule has 1 aliphatic carbocycles. The summed E-state index contributed by atoms with van der Waals surface area (Å²) in [6.45, 7) is 4.58. The Balaban J connectivity index is 1.51. The van der Waals surface area contributed by atoms with Gasteiger partial charge in [-0.1, -0.05) is 48.2 Å². The second-order valence-electron chi connectivity index (χ2n) is 7.64. The highest BCUT2D eigenvalue weighted by Gasteiger charge is 2.31. The predicted molar refractivity (Wildman–Crippen MR) is 119 cm³/mol. The average Bonchev–Trinajstić information content (AvgIpc) is 3.52. The molecule has 1 atom stereocenters. The molecule has 6 nitrogen and oxygen atoms in total. The highest BCUT2D eigenvalue weighted by molar-refractivity contribution is 8.00. The molecule has 1 fully saturated rings. The molecule has 0 spiro atoms. The van der Waals surface area contributed by atoms with E-state index in [1.807, 2.05) is 50.2 Å². The molecule has 0 saturated heterocycles. The van der Waals surface area contributed by atoms with E-state index in [1.54, 1.807) is 7.11 Å². The maximum atomic E-state index is 12.9. The van der Waals surface area contributed by atoms with Gasteiger partial charge in [-0.05, 0) is 49.9 Å². The van der Waals surface area contributed by atoms with E-state index in [9.17, 15) is 4.79 Å². The Morgan fingerprint density at radius 2 is 2.00 bits per heavy atom. The minimum atomic E-state index is -0.332. The van der Waals surface area contributed by atoms with Crippen molar-refractivity contribution in [2.45, 2.75) is 49.6 Å². The van der Waals surface area contributed by atoms with Crippen molar-refractivity contribution in [2.24, 2.45) is 0 Å². The number of nitrogens with one attached hydrogen (secondary N) is 1. The number of aromatic nitrogens is 3. The molecule has 0 bridgehead atoms. The monoisotopic (exact) mass is 422 g/mol. The number of benzene rings is 2. The summed E-state index contributed by atoms with van der Waals surface area (Å²) < 4.78 is 7.53. The molecule has 1 heterocycles. The number of hydrogen-bond acceptors (Lipinski definition) is 5. The number of methoxy groups -OCH3 is 1. The van der Waals surface area contributed by atoms with Crippen LogP contribution in [0.2, 0.25) is 0 Å². The lowest BCUT2D eigenvalue weighted by molar-refractivity contribution is -0.115.